The average molecular weight is 595 g/mol. The van der Waals surface area contributed by atoms with Crippen LogP contribution in [0.4, 0.5) is 8.78 Å². The number of piperidine rings is 2. The highest BCUT2D eigenvalue weighted by atomic mass is 19.1. The lowest BCUT2D eigenvalue weighted by Gasteiger charge is -2.46. The number of fused-ring (bicyclic) bond motifs is 1. The molecule has 12 heteroatoms. The molecule has 0 aromatic carbocycles. The van der Waals surface area contributed by atoms with E-state index in [0.29, 0.717) is 31.1 Å². The van der Waals surface area contributed by atoms with Gasteiger partial charge in [-0.15, -0.1) is 0 Å². The van der Waals surface area contributed by atoms with E-state index in [0.717, 1.165) is 77.7 Å². The summed E-state index contributed by atoms with van der Waals surface area (Å²) in [5.41, 5.74) is 14.4. The molecule has 1 saturated carbocycles. The first-order valence-electron chi connectivity index (χ1n) is 16.2. The molecule has 238 valence electrons. The van der Waals surface area contributed by atoms with Gasteiger partial charge in [-0.05, 0) is 75.4 Å². The molecular weight excluding hydrogens is 542 g/mol. The summed E-state index contributed by atoms with van der Waals surface area (Å²) in [7, 11) is 1.85. The number of carbonyl (C=O) groups is 2. The number of likely N-dealkylation sites (tertiary alicyclic amines) is 1. The summed E-state index contributed by atoms with van der Waals surface area (Å²) in [6, 6.07) is -0.888. The van der Waals surface area contributed by atoms with Crippen molar-refractivity contribution in [3.05, 3.63) is 11.3 Å². The standard InChI is InChI=1S/C30H52F2N8O2/c1-38-12-13-39(18-25(38)41)17-19-8-10-40(11-9-19)28-23(32)15-35-16-24(28)37-30(42)26(29(33)34)27-22-5-3-2-4-20(22)6-7-21(31)14-36-27/h19-21,23-24,26,28-29,35-36H,2-18,33-34H2,1H3,(H,37,42). The molecule has 5 aliphatic rings. The fraction of sp³-hybridized carbons (Fsp3) is 0.867. The summed E-state index contributed by atoms with van der Waals surface area (Å²) >= 11 is 0. The van der Waals surface area contributed by atoms with Crippen molar-refractivity contribution >= 4 is 11.8 Å². The summed E-state index contributed by atoms with van der Waals surface area (Å²) in [4.78, 5) is 32.3. The Morgan fingerprint density at radius 2 is 1.81 bits per heavy atom. The number of rotatable bonds is 7. The van der Waals surface area contributed by atoms with Crippen molar-refractivity contribution in [2.24, 2.45) is 29.2 Å². The molecule has 2 amide bonds. The molecule has 0 bridgehead atoms. The van der Waals surface area contributed by atoms with E-state index in [1.807, 2.05) is 7.05 Å². The molecule has 0 aromatic heterocycles. The minimum Gasteiger partial charge on any atom is -0.385 e. The third kappa shape index (κ3) is 7.43. The molecule has 4 heterocycles. The van der Waals surface area contributed by atoms with Crippen LogP contribution in [0.3, 0.4) is 0 Å². The third-order valence-electron chi connectivity index (χ3n) is 10.3. The summed E-state index contributed by atoms with van der Waals surface area (Å²) in [6.45, 7) is 5.35. The Balaban J connectivity index is 1.25. The van der Waals surface area contributed by atoms with Gasteiger partial charge in [0.1, 0.15) is 18.3 Å². The summed E-state index contributed by atoms with van der Waals surface area (Å²) in [5.74, 6) is -0.299. The molecule has 6 atom stereocenters. The van der Waals surface area contributed by atoms with Crippen molar-refractivity contribution in [1.29, 1.82) is 0 Å². The van der Waals surface area contributed by atoms with Crippen LogP contribution in [-0.4, -0.2) is 123 Å². The Morgan fingerprint density at radius 3 is 2.55 bits per heavy atom. The van der Waals surface area contributed by atoms with Crippen LogP contribution in [-0.2, 0) is 9.59 Å². The fourth-order valence-electron chi connectivity index (χ4n) is 7.91. The topological polar surface area (TPSA) is 132 Å². The number of nitrogens with two attached hydrogens (primary N) is 2. The van der Waals surface area contributed by atoms with E-state index in [1.54, 1.807) is 4.90 Å². The molecule has 0 radical (unpaired) electrons. The maximum atomic E-state index is 15.5. The summed E-state index contributed by atoms with van der Waals surface area (Å²) in [5, 5.41) is 9.54. The number of piperazine rings is 1. The van der Waals surface area contributed by atoms with Crippen molar-refractivity contribution in [2.75, 3.05) is 66.0 Å². The number of amides is 2. The van der Waals surface area contributed by atoms with Crippen LogP contribution in [0.25, 0.3) is 0 Å². The molecule has 42 heavy (non-hydrogen) atoms. The molecular formula is C30H52F2N8O2. The van der Waals surface area contributed by atoms with Gasteiger partial charge in [0.2, 0.25) is 11.8 Å². The molecule has 1 aliphatic carbocycles. The van der Waals surface area contributed by atoms with Crippen molar-refractivity contribution < 1.29 is 18.4 Å². The second kappa shape index (κ2) is 14.3. The van der Waals surface area contributed by atoms with Crippen molar-refractivity contribution in [1.82, 2.24) is 30.7 Å². The van der Waals surface area contributed by atoms with E-state index in [-0.39, 0.29) is 30.8 Å². The van der Waals surface area contributed by atoms with E-state index in [1.165, 1.54) is 5.57 Å². The zero-order chi connectivity index (χ0) is 29.8. The lowest BCUT2D eigenvalue weighted by molar-refractivity contribution is -0.134. The van der Waals surface area contributed by atoms with E-state index in [2.05, 4.69) is 25.8 Å². The van der Waals surface area contributed by atoms with Crippen LogP contribution in [0.15, 0.2) is 11.3 Å². The largest absolute Gasteiger partial charge is 0.385 e. The van der Waals surface area contributed by atoms with Crippen LogP contribution < -0.4 is 27.4 Å². The molecule has 10 nitrogen and oxygen atoms in total. The minimum absolute atomic E-state index is 0.138. The predicted octanol–water partition coefficient (Wildman–Crippen LogP) is 0.293. The molecule has 6 unspecified atom stereocenters. The van der Waals surface area contributed by atoms with Crippen molar-refractivity contribution in [2.45, 2.75) is 82.0 Å². The van der Waals surface area contributed by atoms with Crippen molar-refractivity contribution in [3.8, 4) is 0 Å². The summed E-state index contributed by atoms with van der Waals surface area (Å²) < 4.78 is 30.1. The van der Waals surface area contributed by atoms with E-state index in [9.17, 15) is 14.0 Å². The molecule has 4 aliphatic heterocycles. The zero-order valence-electron chi connectivity index (χ0n) is 25.2. The number of allylic oxidation sites excluding steroid dienone is 1. The first-order chi connectivity index (χ1) is 20.2. The van der Waals surface area contributed by atoms with Gasteiger partial charge in [-0.25, -0.2) is 8.78 Å². The number of carbonyl (C=O) groups excluding carboxylic acids is 2. The number of hydrogen-bond donors (Lipinski definition) is 5. The lowest BCUT2D eigenvalue weighted by Crippen LogP contribution is -2.67. The first-order valence-corrected chi connectivity index (χ1v) is 16.2. The zero-order valence-corrected chi connectivity index (χ0v) is 25.2. The van der Waals surface area contributed by atoms with Crippen LogP contribution in [0.2, 0.25) is 0 Å². The van der Waals surface area contributed by atoms with Gasteiger partial charge < -0.3 is 32.3 Å². The number of likely N-dealkylation sites (N-methyl/N-ethyl adjacent to an activating group) is 1. The van der Waals surface area contributed by atoms with Crippen LogP contribution in [0, 0.1) is 17.8 Å². The lowest BCUT2D eigenvalue weighted by atomic mass is 9.77. The maximum Gasteiger partial charge on any atom is 0.236 e. The van der Waals surface area contributed by atoms with E-state index < -0.39 is 36.5 Å². The molecule has 7 N–H and O–H groups in total. The van der Waals surface area contributed by atoms with E-state index in [4.69, 9.17) is 11.5 Å². The molecule has 0 spiro atoms. The highest BCUT2D eigenvalue weighted by molar-refractivity contribution is 5.83. The van der Waals surface area contributed by atoms with Gasteiger partial charge in [0.05, 0.1) is 24.8 Å². The highest BCUT2D eigenvalue weighted by Crippen LogP contribution is 2.38. The van der Waals surface area contributed by atoms with Crippen molar-refractivity contribution in [3.63, 3.8) is 0 Å². The highest BCUT2D eigenvalue weighted by Gasteiger charge is 2.42. The molecule has 0 aromatic rings. The second-order valence-corrected chi connectivity index (χ2v) is 13.3. The normalized spacial score (nSPS) is 33.5. The van der Waals surface area contributed by atoms with Gasteiger partial charge in [0.25, 0.3) is 0 Å². The number of nitrogens with one attached hydrogen (secondary N) is 3. The first kappa shape index (κ1) is 31.6. The Labute approximate surface area is 249 Å². The van der Waals surface area contributed by atoms with Crippen LogP contribution >= 0.6 is 0 Å². The predicted molar refractivity (Wildman–Crippen MR) is 159 cm³/mol. The number of hydrogen-bond acceptors (Lipinski definition) is 8. The quantitative estimate of drug-likeness (QED) is 0.266. The van der Waals surface area contributed by atoms with Crippen LogP contribution in [0.1, 0.15) is 51.4 Å². The fourth-order valence-corrected chi connectivity index (χ4v) is 7.91. The Hall–Kier alpha value is -1.86. The monoisotopic (exact) mass is 594 g/mol. The Morgan fingerprint density at radius 1 is 1.02 bits per heavy atom. The van der Waals surface area contributed by atoms with Gasteiger partial charge in [-0.2, -0.15) is 0 Å². The average Bonchev–Trinajstić information content (AvgIpc) is 2.96. The maximum absolute atomic E-state index is 15.5. The van der Waals surface area contributed by atoms with Gasteiger partial charge in [-0.1, -0.05) is 6.42 Å². The van der Waals surface area contributed by atoms with Crippen LogP contribution in [0.5, 0.6) is 0 Å². The number of halogens is 2. The smallest absolute Gasteiger partial charge is 0.236 e. The van der Waals surface area contributed by atoms with Gasteiger partial charge in [0, 0.05) is 52.0 Å². The van der Waals surface area contributed by atoms with Gasteiger partial charge >= 0.3 is 0 Å². The molecule has 3 saturated heterocycles. The SMILES string of the molecule is CN1CCN(CC2CCN(C3C(F)CNCC3NC(=O)C(C3=C4CCCCC4CCC(F)CN3)C(N)N)CC2)CC1=O. The minimum atomic E-state index is -1.13. The second-order valence-electron chi connectivity index (χ2n) is 13.3. The molecule has 4 fully saturated rings. The Kier molecular flexibility index (Phi) is 10.7. The molecule has 5 rings (SSSR count). The number of alkyl halides is 2. The number of nitrogens with zero attached hydrogens (tertiary/aromatic N) is 3. The summed E-state index contributed by atoms with van der Waals surface area (Å²) in [6.07, 6.45) is 4.04. The van der Waals surface area contributed by atoms with E-state index >= 15 is 4.39 Å². The third-order valence-corrected chi connectivity index (χ3v) is 10.3. The van der Waals surface area contributed by atoms with Gasteiger partial charge in [0.15, 0.2) is 0 Å². The van der Waals surface area contributed by atoms with Gasteiger partial charge in [-0.3, -0.25) is 19.4 Å². The Bertz CT molecular complexity index is 975.